The van der Waals surface area contributed by atoms with E-state index >= 15 is 0 Å². The summed E-state index contributed by atoms with van der Waals surface area (Å²) in [5.74, 6) is 0.875. The van der Waals surface area contributed by atoms with Gasteiger partial charge in [-0.2, -0.15) is 0 Å². The highest BCUT2D eigenvalue weighted by Crippen LogP contribution is 2.16. The highest BCUT2D eigenvalue weighted by molar-refractivity contribution is 5.81. The molecule has 5 nitrogen and oxygen atoms in total. The Labute approximate surface area is 121 Å². The molecule has 2 N–H and O–H groups in total. The van der Waals surface area contributed by atoms with E-state index in [4.69, 9.17) is 0 Å². The Kier molecular flexibility index (Phi) is 7.01. The Hall–Kier alpha value is -1.62. The minimum atomic E-state index is 0.0184. The van der Waals surface area contributed by atoms with Gasteiger partial charge in [-0.25, -0.2) is 4.98 Å². The van der Waals surface area contributed by atoms with Crippen LogP contribution in [0.4, 0.5) is 5.82 Å². The van der Waals surface area contributed by atoms with Gasteiger partial charge in [-0.3, -0.25) is 4.79 Å². The Bertz CT molecular complexity index is 434. The molecule has 0 aliphatic carbocycles. The summed E-state index contributed by atoms with van der Waals surface area (Å²) in [6.45, 7) is 8.92. The van der Waals surface area contributed by atoms with Gasteiger partial charge in [-0.05, 0) is 44.0 Å². The second-order valence-corrected chi connectivity index (χ2v) is 4.97. The summed E-state index contributed by atoms with van der Waals surface area (Å²) < 4.78 is 0. The molecule has 5 heteroatoms. The molecule has 1 aromatic heterocycles. The highest BCUT2D eigenvalue weighted by atomic mass is 16.2. The van der Waals surface area contributed by atoms with E-state index in [1.165, 1.54) is 5.56 Å². The first-order chi connectivity index (χ1) is 9.58. The lowest BCUT2D eigenvalue weighted by Crippen LogP contribution is -2.35. The zero-order valence-corrected chi connectivity index (χ0v) is 13.0. The van der Waals surface area contributed by atoms with E-state index < -0.39 is 0 Å². The summed E-state index contributed by atoms with van der Waals surface area (Å²) in [7, 11) is 1.89. The van der Waals surface area contributed by atoms with Crippen LogP contribution >= 0.6 is 0 Å². The molecule has 1 amide bonds. The molecule has 1 aromatic rings. The Morgan fingerprint density at radius 2 is 2.15 bits per heavy atom. The minimum absolute atomic E-state index is 0.0184. The smallest absolute Gasteiger partial charge is 0.239 e. The van der Waals surface area contributed by atoms with Crippen molar-refractivity contribution in [1.29, 1.82) is 0 Å². The van der Waals surface area contributed by atoms with Crippen molar-refractivity contribution in [3.8, 4) is 0 Å². The molecule has 0 aliphatic heterocycles. The molecule has 0 saturated heterocycles. The van der Waals surface area contributed by atoms with Crippen LogP contribution in [0.15, 0.2) is 12.3 Å². The normalized spacial score (nSPS) is 10.4. The van der Waals surface area contributed by atoms with E-state index in [9.17, 15) is 4.79 Å². The molecule has 0 spiro atoms. The number of hydrogen-bond donors (Lipinski definition) is 2. The molecular weight excluding hydrogens is 252 g/mol. The largest absolute Gasteiger partial charge is 0.355 e. The van der Waals surface area contributed by atoms with Crippen molar-refractivity contribution >= 4 is 11.7 Å². The van der Waals surface area contributed by atoms with Crippen LogP contribution in [0, 0.1) is 6.92 Å². The maximum atomic E-state index is 11.6. The van der Waals surface area contributed by atoms with Gasteiger partial charge in [0.1, 0.15) is 5.82 Å². The monoisotopic (exact) mass is 278 g/mol. The van der Waals surface area contributed by atoms with E-state index in [1.807, 2.05) is 32.0 Å². The van der Waals surface area contributed by atoms with Gasteiger partial charge in [0.05, 0.1) is 6.54 Å². The SMILES string of the molecule is CCCNCc1cnc(N(C)CC(=O)NCC)c(C)c1. The predicted molar refractivity (Wildman–Crippen MR) is 82.9 cm³/mol. The van der Waals surface area contributed by atoms with Crippen molar-refractivity contribution in [2.45, 2.75) is 33.7 Å². The fourth-order valence-electron chi connectivity index (χ4n) is 2.07. The number of aryl methyl sites for hydroxylation is 1. The lowest BCUT2D eigenvalue weighted by molar-refractivity contribution is -0.119. The quantitative estimate of drug-likeness (QED) is 0.707. The van der Waals surface area contributed by atoms with Crippen LogP contribution in [0.1, 0.15) is 31.4 Å². The molecule has 0 aromatic carbocycles. The fourth-order valence-corrected chi connectivity index (χ4v) is 2.07. The topological polar surface area (TPSA) is 57.3 Å². The van der Waals surface area contributed by atoms with Crippen molar-refractivity contribution in [3.63, 3.8) is 0 Å². The van der Waals surface area contributed by atoms with Crippen LogP contribution in [-0.2, 0) is 11.3 Å². The summed E-state index contributed by atoms with van der Waals surface area (Å²) in [4.78, 5) is 17.9. The minimum Gasteiger partial charge on any atom is -0.355 e. The van der Waals surface area contributed by atoms with Gasteiger partial charge in [0.2, 0.25) is 5.91 Å². The van der Waals surface area contributed by atoms with Gasteiger partial charge in [0, 0.05) is 26.3 Å². The molecule has 112 valence electrons. The van der Waals surface area contributed by atoms with Crippen molar-refractivity contribution in [2.24, 2.45) is 0 Å². The number of carbonyl (C=O) groups excluding carboxylic acids is 1. The van der Waals surface area contributed by atoms with E-state index in [-0.39, 0.29) is 5.91 Å². The predicted octanol–water partition coefficient (Wildman–Crippen LogP) is 1.46. The van der Waals surface area contributed by atoms with Crippen molar-refractivity contribution in [2.75, 3.05) is 31.6 Å². The molecule has 1 rings (SSSR count). The van der Waals surface area contributed by atoms with E-state index in [2.05, 4.69) is 28.6 Å². The number of rotatable bonds is 8. The summed E-state index contributed by atoms with van der Waals surface area (Å²) >= 11 is 0. The Balaban J connectivity index is 2.64. The lowest BCUT2D eigenvalue weighted by Gasteiger charge is -2.20. The second kappa shape index (κ2) is 8.53. The number of pyridine rings is 1. The number of nitrogens with one attached hydrogen (secondary N) is 2. The Morgan fingerprint density at radius 1 is 1.40 bits per heavy atom. The number of aromatic nitrogens is 1. The lowest BCUT2D eigenvalue weighted by atomic mass is 10.2. The van der Waals surface area contributed by atoms with Crippen molar-refractivity contribution < 1.29 is 4.79 Å². The van der Waals surface area contributed by atoms with Gasteiger partial charge < -0.3 is 15.5 Å². The van der Waals surface area contributed by atoms with Crippen LogP contribution in [0.2, 0.25) is 0 Å². The maximum absolute atomic E-state index is 11.6. The molecular formula is C15H26N4O. The molecule has 0 fully saturated rings. The van der Waals surface area contributed by atoms with Crippen LogP contribution in [0.25, 0.3) is 0 Å². The first-order valence-electron chi connectivity index (χ1n) is 7.22. The first-order valence-corrected chi connectivity index (χ1v) is 7.22. The molecule has 0 radical (unpaired) electrons. The first kappa shape index (κ1) is 16.4. The molecule has 0 unspecified atom stereocenters. The van der Waals surface area contributed by atoms with Crippen molar-refractivity contribution in [1.82, 2.24) is 15.6 Å². The standard InChI is InChI=1S/C15H26N4O/c1-5-7-16-9-13-8-12(3)15(18-10-13)19(4)11-14(20)17-6-2/h8,10,16H,5-7,9,11H2,1-4H3,(H,17,20). The van der Waals surface area contributed by atoms with Crippen LogP contribution < -0.4 is 15.5 Å². The molecule has 0 atom stereocenters. The van der Waals surface area contributed by atoms with Crippen molar-refractivity contribution in [3.05, 3.63) is 23.4 Å². The van der Waals surface area contributed by atoms with E-state index in [0.717, 1.165) is 30.9 Å². The molecule has 0 aliphatic rings. The summed E-state index contributed by atoms with van der Waals surface area (Å²) in [6.07, 6.45) is 3.00. The van der Waals surface area contributed by atoms with E-state index in [1.54, 1.807) is 0 Å². The summed E-state index contributed by atoms with van der Waals surface area (Å²) in [6, 6.07) is 2.12. The summed E-state index contributed by atoms with van der Waals surface area (Å²) in [5, 5.41) is 6.15. The highest BCUT2D eigenvalue weighted by Gasteiger charge is 2.10. The Morgan fingerprint density at radius 3 is 2.75 bits per heavy atom. The average Bonchev–Trinajstić information content (AvgIpc) is 2.39. The molecule has 0 bridgehead atoms. The number of likely N-dealkylation sites (N-methyl/N-ethyl adjacent to an activating group) is 2. The molecule has 0 saturated carbocycles. The number of hydrogen-bond acceptors (Lipinski definition) is 4. The van der Waals surface area contributed by atoms with Crippen LogP contribution in [0.5, 0.6) is 0 Å². The van der Waals surface area contributed by atoms with Crippen LogP contribution in [-0.4, -0.2) is 37.6 Å². The number of amides is 1. The number of carbonyl (C=O) groups is 1. The third kappa shape index (κ3) is 5.17. The van der Waals surface area contributed by atoms with Gasteiger partial charge in [-0.1, -0.05) is 6.92 Å². The second-order valence-electron chi connectivity index (χ2n) is 4.97. The summed E-state index contributed by atoms with van der Waals surface area (Å²) in [5.41, 5.74) is 2.26. The zero-order valence-electron chi connectivity index (χ0n) is 13.0. The third-order valence-corrected chi connectivity index (χ3v) is 2.98. The zero-order chi connectivity index (χ0) is 15.0. The maximum Gasteiger partial charge on any atom is 0.239 e. The molecule has 1 heterocycles. The van der Waals surface area contributed by atoms with Gasteiger partial charge in [-0.15, -0.1) is 0 Å². The third-order valence-electron chi connectivity index (χ3n) is 2.98. The number of nitrogens with zero attached hydrogens (tertiary/aromatic N) is 2. The van der Waals surface area contributed by atoms with Crippen LogP contribution in [0.3, 0.4) is 0 Å². The van der Waals surface area contributed by atoms with E-state index in [0.29, 0.717) is 13.1 Å². The molecule has 20 heavy (non-hydrogen) atoms. The van der Waals surface area contributed by atoms with Gasteiger partial charge in [0.15, 0.2) is 0 Å². The van der Waals surface area contributed by atoms with Gasteiger partial charge >= 0.3 is 0 Å². The average molecular weight is 278 g/mol. The fraction of sp³-hybridized carbons (Fsp3) is 0.600. The number of anilines is 1. The van der Waals surface area contributed by atoms with Gasteiger partial charge in [0.25, 0.3) is 0 Å².